The van der Waals surface area contributed by atoms with Gasteiger partial charge in [-0.25, -0.2) is 0 Å². The second-order valence-corrected chi connectivity index (χ2v) is 7.44. The summed E-state index contributed by atoms with van der Waals surface area (Å²) in [6.45, 7) is 2.60. The van der Waals surface area contributed by atoms with Gasteiger partial charge in [0.15, 0.2) is 0 Å². The van der Waals surface area contributed by atoms with E-state index in [1.807, 2.05) is 55.5 Å². The van der Waals surface area contributed by atoms with E-state index in [0.29, 0.717) is 13.0 Å². The fraction of sp³-hybridized carbons (Fsp3) is 0.292. The van der Waals surface area contributed by atoms with Crippen LogP contribution in [0.25, 0.3) is 11.3 Å². The summed E-state index contributed by atoms with van der Waals surface area (Å²) >= 11 is 5.88. The first-order chi connectivity index (χ1) is 14.0. The molecule has 0 unspecified atom stereocenters. The first-order valence-electron chi connectivity index (χ1n) is 9.80. The van der Waals surface area contributed by atoms with Crippen molar-refractivity contribution in [2.24, 2.45) is 0 Å². The summed E-state index contributed by atoms with van der Waals surface area (Å²) in [5.41, 5.74) is 3.32. The van der Waals surface area contributed by atoms with Crippen LogP contribution in [-0.4, -0.2) is 19.6 Å². The van der Waals surface area contributed by atoms with E-state index in [-0.39, 0.29) is 5.91 Å². The van der Waals surface area contributed by atoms with Crippen LogP contribution in [0.5, 0.6) is 5.75 Å². The largest absolute Gasteiger partial charge is 0.497 e. The van der Waals surface area contributed by atoms with E-state index in [1.165, 1.54) is 0 Å². The van der Waals surface area contributed by atoms with Crippen molar-refractivity contribution >= 4 is 17.5 Å². The molecule has 1 aromatic heterocycles. The van der Waals surface area contributed by atoms with Crippen LogP contribution in [0.2, 0.25) is 5.02 Å². The van der Waals surface area contributed by atoms with Crippen molar-refractivity contribution in [3.8, 4) is 17.1 Å². The van der Waals surface area contributed by atoms with E-state index >= 15 is 0 Å². The average Bonchev–Trinajstić information content (AvgIpc) is 3.10. The minimum atomic E-state index is 0.0792. The number of hydrogen-bond acceptors (Lipinski definition) is 3. The SMILES string of the molecule is COc1ccc(-c2cc(CCCC(=O)NCCc3ccc(Cl)cc3)c(C)o2)cc1. The van der Waals surface area contributed by atoms with Crippen molar-refractivity contribution in [1.82, 2.24) is 5.32 Å². The van der Waals surface area contributed by atoms with Crippen molar-refractivity contribution < 1.29 is 13.9 Å². The molecule has 0 saturated carbocycles. The van der Waals surface area contributed by atoms with Gasteiger partial charge < -0.3 is 14.5 Å². The predicted molar refractivity (Wildman–Crippen MR) is 117 cm³/mol. The Balaban J connectivity index is 1.43. The quantitative estimate of drug-likeness (QED) is 0.498. The summed E-state index contributed by atoms with van der Waals surface area (Å²) in [6.07, 6.45) is 2.91. The van der Waals surface area contributed by atoms with Crippen LogP contribution in [0.4, 0.5) is 0 Å². The lowest BCUT2D eigenvalue weighted by Gasteiger charge is -2.05. The van der Waals surface area contributed by atoms with Crippen LogP contribution < -0.4 is 10.1 Å². The zero-order valence-corrected chi connectivity index (χ0v) is 17.6. The lowest BCUT2D eigenvalue weighted by atomic mass is 10.1. The van der Waals surface area contributed by atoms with E-state index in [0.717, 1.165) is 58.2 Å². The lowest BCUT2D eigenvalue weighted by Crippen LogP contribution is -2.25. The highest BCUT2D eigenvalue weighted by molar-refractivity contribution is 6.30. The third-order valence-electron chi connectivity index (χ3n) is 4.89. The molecule has 0 aliphatic carbocycles. The fourth-order valence-electron chi connectivity index (χ4n) is 3.19. The lowest BCUT2D eigenvalue weighted by molar-refractivity contribution is -0.121. The topological polar surface area (TPSA) is 51.5 Å². The number of rotatable bonds is 9. The molecule has 29 heavy (non-hydrogen) atoms. The Morgan fingerprint density at radius 3 is 2.48 bits per heavy atom. The number of halogens is 1. The molecule has 0 saturated heterocycles. The van der Waals surface area contributed by atoms with E-state index in [1.54, 1.807) is 7.11 Å². The van der Waals surface area contributed by atoms with Crippen LogP contribution >= 0.6 is 11.6 Å². The van der Waals surface area contributed by atoms with Crippen LogP contribution in [0.15, 0.2) is 59.0 Å². The van der Waals surface area contributed by atoms with E-state index in [9.17, 15) is 4.79 Å². The predicted octanol–water partition coefficient (Wildman–Crippen LogP) is 5.60. The molecule has 0 aliphatic heterocycles. The smallest absolute Gasteiger partial charge is 0.220 e. The fourth-order valence-corrected chi connectivity index (χ4v) is 3.32. The molecule has 2 aromatic carbocycles. The van der Waals surface area contributed by atoms with Gasteiger partial charge in [-0.1, -0.05) is 23.7 Å². The maximum absolute atomic E-state index is 12.1. The number of benzene rings is 2. The molecule has 152 valence electrons. The van der Waals surface area contributed by atoms with Gasteiger partial charge in [0.25, 0.3) is 0 Å². The Hall–Kier alpha value is -2.72. The minimum absolute atomic E-state index is 0.0792. The number of methoxy groups -OCH3 is 1. The monoisotopic (exact) mass is 411 g/mol. The normalized spacial score (nSPS) is 10.7. The molecule has 1 amide bonds. The Labute approximate surface area is 176 Å². The Morgan fingerprint density at radius 1 is 1.07 bits per heavy atom. The number of furan rings is 1. The molecule has 0 aliphatic rings. The third kappa shape index (κ3) is 6.13. The van der Waals surface area contributed by atoms with Crippen LogP contribution in [0.3, 0.4) is 0 Å². The van der Waals surface area contributed by atoms with Gasteiger partial charge in [-0.3, -0.25) is 4.79 Å². The highest BCUT2D eigenvalue weighted by Gasteiger charge is 2.10. The number of carbonyl (C=O) groups excluding carboxylic acids is 1. The summed E-state index contributed by atoms with van der Waals surface area (Å²) in [5, 5.41) is 3.71. The number of nitrogens with one attached hydrogen (secondary N) is 1. The van der Waals surface area contributed by atoms with Gasteiger partial charge in [0.2, 0.25) is 5.91 Å². The zero-order chi connectivity index (χ0) is 20.6. The minimum Gasteiger partial charge on any atom is -0.497 e. The zero-order valence-electron chi connectivity index (χ0n) is 16.8. The summed E-state index contributed by atoms with van der Waals surface area (Å²) in [7, 11) is 1.65. The van der Waals surface area contributed by atoms with E-state index < -0.39 is 0 Å². The van der Waals surface area contributed by atoms with Gasteiger partial charge in [-0.15, -0.1) is 0 Å². The maximum atomic E-state index is 12.1. The highest BCUT2D eigenvalue weighted by Crippen LogP contribution is 2.27. The van der Waals surface area contributed by atoms with Crippen molar-refractivity contribution in [3.05, 3.63) is 76.5 Å². The van der Waals surface area contributed by atoms with Crippen molar-refractivity contribution in [2.45, 2.75) is 32.6 Å². The Kier molecular flexibility index (Phi) is 7.36. The van der Waals surface area contributed by atoms with Crippen molar-refractivity contribution in [1.29, 1.82) is 0 Å². The summed E-state index contributed by atoms with van der Waals surface area (Å²) < 4.78 is 11.1. The number of aryl methyl sites for hydroxylation is 2. The first-order valence-corrected chi connectivity index (χ1v) is 10.2. The maximum Gasteiger partial charge on any atom is 0.220 e. The molecule has 3 aromatic rings. The molecule has 1 heterocycles. The van der Waals surface area contributed by atoms with E-state index in [2.05, 4.69) is 11.4 Å². The van der Waals surface area contributed by atoms with Crippen molar-refractivity contribution in [2.75, 3.05) is 13.7 Å². The van der Waals surface area contributed by atoms with Gasteiger partial charge in [-0.05, 0) is 79.8 Å². The number of amides is 1. The molecule has 0 fully saturated rings. The van der Waals surface area contributed by atoms with Crippen molar-refractivity contribution in [3.63, 3.8) is 0 Å². The molecule has 0 spiro atoms. The van der Waals surface area contributed by atoms with Crippen LogP contribution in [0.1, 0.15) is 29.7 Å². The molecule has 3 rings (SSSR count). The van der Waals surface area contributed by atoms with Gasteiger partial charge >= 0.3 is 0 Å². The molecule has 5 heteroatoms. The van der Waals surface area contributed by atoms with Gasteiger partial charge in [0, 0.05) is 23.6 Å². The van der Waals surface area contributed by atoms with Crippen LogP contribution in [-0.2, 0) is 17.6 Å². The highest BCUT2D eigenvalue weighted by atomic mass is 35.5. The number of carbonyl (C=O) groups is 1. The molecular formula is C24H26ClNO3. The Morgan fingerprint density at radius 2 is 1.79 bits per heavy atom. The van der Waals surface area contributed by atoms with Gasteiger partial charge in [0.05, 0.1) is 7.11 Å². The summed E-state index contributed by atoms with van der Waals surface area (Å²) in [5.74, 6) is 2.64. The molecule has 1 N–H and O–H groups in total. The standard InChI is InChI=1S/C24H26ClNO3/c1-17-20(16-23(29-17)19-8-12-22(28-2)13-9-19)4-3-5-24(27)26-15-14-18-6-10-21(25)11-7-18/h6-13,16H,3-5,14-15H2,1-2H3,(H,26,27). The molecule has 0 radical (unpaired) electrons. The molecule has 0 bridgehead atoms. The summed E-state index contributed by atoms with van der Waals surface area (Å²) in [6, 6.07) is 17.6. The second-order valence-electron chi connectivity index (χ2n) is 7.00. The average molecular weight is 412 g/mol. The molecular weight excluding hydrogens is 386 g/mol. The second kappa shape index (κ2) is 10.2. The Bertz CT molecular complexity index is 930. The molecule has 0 atom stereocenters. The van der Waals surface area contributed by atoms with Crippen LogP contribution in [0, 0.1) is 6.92 Å². The first kappa shape index (κ1) is 21.0. The van der Waals surface area contributed by atoms with Gasteiger partial charge in [-0.2, -0.15) is 0 Å². The molecule has 4 nitrogen and oxygen atoms in total. The van der Waals surface area contributed by atoms with E-state index in [4.69, 9.17) is 20.8 Å². The van der Waals surface area contributed by atoms with Gasteiger partial charge in [0.1, 0.15) is 17.3 Å². The summed E-state index contributed by atoms with van der Waals surface area (Å²) in [4.78, 5) is 12.1. The third-order valence-corrected chi connectivity index (χ3v) is 5.15. The number of ether oxygens (including phenoxy) is 1. The number of hydrogen-bond donors (Lipinski definition) is 1.